The van der Waals surface area contributed by atoms with E-state index in [9.17, 15) is 81.1 Å². The van der Waals surface area contributed by atoms with Crippen molar-refractivity contribution in [3.8, 4) is 0 Å². The summed E-state index contributed by atoms with van der Waals surface area (Å²) in [6.45, 7) is -6.01. The maximum absolute atomic E-state index is 12.4. The second-order valence-electron chi connectivity index (χ2n) is 12.0. The molecular weight excluding hydrogens is 696 g/mol. The molecule has 4 heterocycles. The van der Waals surface area contributed by atoms with Crippen LogP contribution in [0.5, 0.6) is 0 Å². The Morgan fingerprint density at radius 2 is 0.820 bits per heavy atom. The maximum atomic E-state index is 12.4. The number of hydrogen-bond acceptors (Lipinski definition) is 24. The zero-order chi connectivity index (χ0) is 37.3. The van der Waals surface area contributed by atoms with Gasteiger partial charge in [0, 0.05) is 0 Å². The minimum absolute atomic E-state index is 0.823. The van der Waals surface area contributed by atoms with Gasteiger partial charge in [0.05, 0.1) is 13.2 Å². The van der Waals surface area contributed by atoms with Crippen LogP contribution in [-0.4, -0.2) is 233 Å². The maximum Gasteiger partial charge on any atom is 0.417 e. The lowest BCUT2D eigenvalue weighted by Gasteiger charge is -2.43. The molecule has 4 fully saturated rings. The average molecular weight is 739 g/mol. The Bertz CT molecular complexity index is 1060. The molecule has 4 saturated heterocycles. The van der Waals surface area contributed by atoms with Crippen LogP contribution in [0.1, 0.15) is 0 Å². The zero-order valence-electron chi connectivity index (χ0n) is 25.8. The summed E-state index contributed by atoms with van der Waals surface area (Å²) in [5, 5.41) is 141. The minimum Gasteiger partial charge on any atom is -0.454 e. The lowest BCUT2D eigenvalue weighted by molar-refractivity contribution is -0.384. The van der Waals surface area contributed by atoms with Crippen LogP contribution in [0.4, 0.5) is 0 Å². The number of aliphatic hydroxyl groups is 14. The second kappa shape index (κ2) is 16.4. The number of rotatable bonds is 12. The summed E-state index contributed by atoms with van der Waals surface area (Å²) < 4.78 is 41.1. The molecule has 0 aromatic heterocycles. The summed E-state index contributed by atoms with van der Waals surface area (Å²) in [7, 11) is 0. The lowest BCUT2D eigenvalue weighted by atomic mass is 9.99. The molecule has 0 aromatic rings. The van der Waals surface area contributed by atoms with Gasteiger partial charge in [0.25, 0.3) is 0 Å². The van der Waals surface area contributed by atoms with Gasteiger partial charge in [-0.1, -0.05) is 0 Å². The molecule has 0 amide bonds. The van der Waals surface area contributed by atoms with Crippen LogP contribution < -0.4 is 0 Å². The van der Waals surface area contributed by atoms with Gasteiger partial charge in [-0.3, -0.25) is 0 Å². The Balaban J connectivity index is 1.33. The van der Waals surface area contributed by atoms with Crippen molar-refractivity contribution in [2.75, 3.05) is 39.6 Å². The number of hydrogen-bond donors (Lipinski definition) is 14. The molecule has 4 aliphatic heterocycles. The first kappa shape index (κ1) is 40.9. The van der Waals surface area contributed by atoms with Crippen molar-refractivity contribution in [2.24, 2.45) is 0 Å². The van der Waals surface area contributed by atoms with Crippen LogP contribution in [-0.2, 0) is 47.5 Å². The highest BCUT2D eigenvalue weighted by Crippen LogP contribution is 2.37. The smallest absolute Gasteiger partial charge is 0.417 e. The van der Waals surface area contributed by atoms with Crippen LogP contribution in [0.3, 0.4) is 0 Å². The first-order valence-electron chi connectivity index (χ1n) is 15.1. The Morgan fingerprint density at radius 3 is 1.10 bits per heavy atom. The van der Waals surface area contributed by atoms with E-state index in [2.05, 4.69) is 0 Å². The number of carbonyl (C=O) groups is 2. The highest BCUT2D eigenvalue weighted by molar-refractivity contribution is 6.29. The summed E-state index contributed by atoms with van der Waals surface area (Å²) in [5.41, 5.74) is 0. The van der Waals surface area contributed by atoms with E-state index in [4.69, 9.17) is 37.9 Å². The van der Waals surface area contributed by atoms with Crippen LogP contribution in [0, 0.1) is 0 Å². The standard InChI is InChI=1S/C26H42O24/c27-1-7-13(33)19(39)25(5-29,47-7)49-23-17(37)15(35)11(31)9(45-23)3-43-21(41)22(42)44-4-10-12(32)16(36)18(38)24(46-10)50-26(6-30)20(40)14(34)8(2-28)48-26/h7-20,23-24,27-40H,1-6H2/t7-,8-,9-,10-,11-,12-,13-,14-,15+,16+,17-,18-,19+,20+,23-,24-,25+,26+/m1/s1. The summed E-state index contributed by atoms with van der Waals surface area (Å²) in [6.07, 6.45) is -30.3. The van der Waals surface area contributed by atoms with Crippen LogP contribution >= 0.6 is 0 Å². The van der Waals surface area contributed by atoms with E-state index in [1.807, 2.05) is 0 Å². The predicted octanol–water partition coefficient (Wildman–Crippen LogP) is -10.7. The van der Waals surface area contributed by atoms with Crippen molar-refractivity contribution < 1.29 is 119 Å². The molecule has 18 atom stereocenters. The van der Waals surface area contributed by atoms with Crippen LogP contribution in [0.15, 0.2) is 0 Å². The molecule has 0 radical (unpaired) electrons. The van der Waals surface area contributed by atoms with Gasteiger partial charge < -0.3 is 109 Å². The molecule has 0 bridgehead atoms. The third-order valence-corrected chi connectivity index (χ3v) is 8.70. The monoisotopic (exact) mass is 738 g/mol. The number of ether oxygens (including phenoxy) is 8. The Hall–Kier alpha value is -1.86. The molecule has 50 heavy (non-hydrogen) atoms. The van der Waals surface area contributed by atoms with E-state index < -0.39 is 161 Å². The molecule has 4 rings (SSSR count). The van der Waals surface area contributed by atoms with E-state index >= 15 is 0 Å². The van der Waals surface area contributed by atoms with E-state index in [1.165, 1.54) is 0 Å². The van der Waals surface area contributed by atoms with Gasteiger partial charge in [-0.25, -0.2) is 9.59 Å². The molecule has 14 N–H and O–H groups in total. The van der Waals surface area contributed by atoms with Gasteiger partial charge in [0.2, 0.25) is 11.6 Å². The van der Waals surface area contributed by atoms with Crippen molar-refractivity contribution in [1.29, 1.82) is 0 Å². The molecule has 0 unspecified atom stereocenters. The van der Waals surface area contributed by atoms with E-state index in [1.54, 1.807) is 0 Å². The quantitative estimate of drug-likeness (QED) is 0.0652. The van der Waals surface area contributed by atoms with E-state index in [0.29, 0.717) is 0 Å². The van der Waals surface area contributed by atoms with Gasteiger partial charge in [0.15, 0.2) is 12.6 Å². The fourth-order valence-electron chi connectivity index (χ4n) is 5.67. The van der Waals surface area contributed by atoms with Gasteiger partial charge in [-0.2, -0.15) is 0 Å². The Kier molecular flexibility index (Phi) is 13.4. The summed E-state index contributed by atoms with van der Waals surface area (Å²) in [5.74, 6) is -8.48. The van der Waals surface area contributed by atoms with Crippen molar-refractivity contribution in [3.63, 3.8) is 0 Å². The summed E-state index contributed by atoms with van der Waals surface area (Å²) >= 11 is 0. The molecule has 0 aromatic carbocycles. The van der Waals surface area contributed by atoms with Gasteiger partial charge >= 0.3 is 11.9 Å². The lowest BCUT2D eigenvalue weighted by Crippen LogP contribution is -2.63. The largest absolute Gasteiger partial charge is 0.454 e. The van der Waals surface area contributed by atoms with Crippen LogP contribution in [0.25, 0.3) is 0 Å². The first-order chi connectivity index (χ1) is 23.5. The SMILES string of the molecule is O=C(OC[C@H]1O[C@H](O[C@]2(CO)O[C@H](CO)[C@@H](O)[C@@H]2O)[C@H](O)[C@@H](O)[C@@H]1O)C(=O)OC[C@H]1O[C@H](O[C@]2(CO)O[C@H](CO)[C@@H](O)[C@@H]2O)[C@H](O)[C@@H](O)[C@@H]1O. The average Bonchev–Trinajstić information content (AvgIpc) is 3.50. The van der Waals surface area contributed by atoms with Crippen molar-refractivity contribution in [2.45, 2.75) is 110 Å². The van der Waals surface area contributed by atoms with Gasteiger partial charge in [-0.15, -0.1) is 0 Å². The summed E-state index contributed by atoms with van der Waals surface area (Å²) in [6, 6.07) is 0. The Morgan fingerprint density at radius 1 is 0.480 bits per heavy atom. The first-order valence-corrected chi connectivity index (χ1v) is 15.1. The fraction of sp³-hybridized carbons (Fsp3) is 0.923. The third kappa shape index (κ3) is 7.75. The molecule has 24 nitrogen and oxygen atoms in total. The molecule has 0 saturated carbocycles. The molecule has 24 heteroatoms. The van der Waals surface area contributed by atoms with Gasteiger partial charge in [0.1, 0.15) is 112 Å². The van der Waals surface area contributed by atoms with E-state index in [0.717, 1.165) is 0 Å². The topological polar surface area (TPSA) is 391 Å². The van der Waals surface area contributed by atoms with Crippen molar-refractivity contribution >= 4 is 11.9 Å². The van der Waals surface area contributed by atoms with Gasteiger partial charge in [-0.05, 0) is 0 Å². The zero-order valence-corrected chi connectivity index (χ0v) is 25.8. The molecule has 0 spiro atoms. The molecule has 290 valence electrons. The summed E-state index contributed by atoms with van der Waals surface area (Å²) in [4.78, 5) is 24.7. The molecular formula is C26H42O24. The highest BCUT2D eigenvalue weighted by atomic mass is 16.8. The molecule has 4 aliphatic rings. The highest BCUT2D eigenvalue weighted by Gasteiger charge is 2.60. The number of aliphatic hydroxyl groups excluding tert-OH is 14. The normalized spacial score (nSPS) is 48.0. The fourth-order valence-corrected chi connectivity index (χ4v) is 5.67. The van der Waals surface area contributed by atoms with Crippen molar-refractivity contribution in [1.82, 2.24) is 0 Å². The molecule has 0 aliphatic carbocycles. The van der Waals surface area contributed by atoms with E-state index in [-0.39, 0.29) is 0 Å². The number of carbonyl (C=O) groups excluding carboxylic acids is 2. The minimum atomic E-state index is -2.49. The Labute approximate surface area is 280 Å². The van der Waals surface area contributed by atoms with Crippen LogP contribution in [0.2, 0.25) is 0 Å². The van der Waals surface area contributed by atoms with Crippen molar-refractivity contribution in [3.05, 3.63) is 0 Å². The number of esters is 2. The predicted molar refractivity (Wildman–Crippen MR) is 145 cm³/mol. The second-order valence-corrected chi connectivity index (χ2v) is 12.0. The third-order valence-electron chi connectivity index (χ3n) is 8.70.